The normalized spacial score (nSPS) is 10.2. The molecule has 0 radical (unpaired) electrons. The van der Waals surface area contributed by atoms with Crippen molar-refractivity contribution in [2.75, 3.05) is 13.6 Å². The van der Waals surface area contributed by atoms with E-state index in [1.807, 2.05) is 24.9 Å². The van der Waals surface area contributed by atoms with Crippen molar-refractivity contribution >= 4 is 0 Å². The number of hydrogen-bond acceptors (Lipinski definition) is 3. The zero-order chi connectivity index (χ0) is 8.97. The average Bonchev–Trinajstić information content (AvgIpc) is 2.37. The first-order valence-electron chi connectivity index (χ1n) is 3.82. The number of nitrogens with zero attached hydrogens (tertiary/aromatic N) is 2. The van der Waals surface area contributed by atoms with Gasteiger partial charge in [-0.3, -0.25) is 4.90 Å². The highest BCUT2D eigenvalue weighted by Crippen LogP contribution is 2.10. The molecule has 0 saturated heterocycles. The lowest BCUT2D eigenvalue weighted by molar-refractivity contribution is 0.363. The fourth-order valence-corrected chi connectivity index (χ4v) is 1.04. The van der Waals surface area contributed by atoms with Crippen LogP contribution >= 0.6 is 0 Å². The van der Waals surface area contributed by atoms with Crippen LogP contribution in [0.15, 0.2) is 16.7 Å². The van der Waals surface area contributed by atoms with Gasteiger partial charge in [0.2, 0.25) is 0 Å². The summed E-state index contributed by atoms with van der Waals surface area (Å²) in [7, 11) is 1.91. The van der Waals surface area contributed by atoms with Gasteiger partial charge in [0.25, 0.3) is 0 Å². The summed E-state index contributed by atoms with van der Waals surface area (Å²) in [6.07, 6.45) is 1.67. The Hall–Kier alpha value is -1.27. The van der Waals surface area contributed by atoms with Crippen molar-refractivity contribution in [2.45, 2.75) is 13.5 Å². The first-order chi connectivity index (χ1) is 5.74. The number of hydrogen-bond donors (Lipinski definition) is 0. The molecule has 0 amide bonds. The van der Waals surface area contributed by atoms with E-state index in [2.05, 4.69) is 6.07 Å². The standard InChI is InChI=1S/C9H12N2O/c1-8-9(3-6-12-8)7-11(2)5-4-10/h3,6H,5,7H2,1-2H3. The van der Waals surface area contributed by atoms with Crippen LogP contribution in [-0.2, 0) is 6.54 Å². The van der Waals surface area contributed by atoms with Crippen molar-refractivity contribution in [3.8, 4) is 6.07 Å². The highest BCUT2D eigenvalue weighted by molar-refractivity contribution is 5.15. The zero-order valence-electron chi connectivity index (χ0n) is 7.37. The van der Waals surface area contributed by atoms with Crippen LogP contribution in [0.5, 0.6) is 0 Å². The van der Waals surface area contributed by atoms with Gasteiger partial charge in [0.05, 0.1) is 18.9 Å². The molecule has 12 heavy (non-hydrogen) atoms. The highest BCUT2D eigenvalue weighted by atomic mass is 16.3. The quantitative estimate of drug-likeness (QED) is 0.636. The molecule has 64 valence electrons. The molecule has 1 aromatic rings. The lowest BCUT2D eigenvalue weighted by atomic mass is 10.2. The Bertz CT molecular complexity index is 285. The van der Waals surface area contributed by atoms with Gasteiger partial charge in [-0.05, 0) is 20.0 Å². The van der Waals surface area contributed by atoms with Crippen LogP contribution in [0, 0.1) is 18.3 Å². The molecular formula is C9H12N2O. The molecule has 1 rings (SSSR count). The highest BCUT2D eigenvalue weighted by Gasteiger charge is 2.03. The van der Waals surface area contributed by atoms with Gasteiger partial charge in [-0.15, -0.1) is 0 Å². The number of furan rings is 1. The van der Waals surface area contributed by atoms with Crippen LogP contribution in [0.3, 0.4) is 0 Å². The van der Waals surface area contributed by atoms with Gasteiger partial charge in [0.15, 0.2) is 0 Å². The SMILES string of the molecule is Cc1occc1CN(C)CC#N. The molecule has 0 spiro atoms. The summed E-state index contributed by atoms with van der Waals surface area (Å²) in [6.45, 7) is 3.15. The van der Waals surface area contributed by atoms with Gasteiger partial charge in [-0.1, -0.05) is 0 Å². The van der Waals surface area contributed by atoms with Gasteiger partial charge >= 0.3 is 0 Å². The molecule has 0 atom stereocenters. The molecule has 0 saturated carbocycles. The molecular weight excluding hydrogens is 152 g/mol. The Morgan fingerprint density at radius 3 is 2.92 bits per heavy atom. The van der Waals surface area contributed by atoms with Gasteiger partial charge in [0.1, 0.15) is 5.76 Å². The first-order valence-corrected chi connectivity index (χ1v) is 3.82. The van der Waals surface area contributed by atoms with Crippen molar-refractivity contribution in [3.05, 3.63) is 23.7 Å². The maximum atomic E-state index is 8.42. The van der Waals surface area contributed by atoms with E-state index >= 15 is 0 Å². The lowest BCUT2D eigenvalue weighted by Gasteiger charge is -2.10. The third-order valence-electron chi connectivity index (χ3n) is 1.75. The smallest absolute Gasteiger partial charge is 0.105 e. The summed E-state index contributed by atoms with van der Waals surface area (Å²) in [5.41, 5.74) is 1.15. The Balaban J connectivity index is 2.53. The minimum absolute atomic E-state index is 0.449. The summed E-state index contributed by atoms with van der Waals surface area (Å²) in [4.78, 5) is 1.94. The number of rotatable bonds is 3. The van der Waals surface area contributed by atoms with Crippen LogP contribution in [0.4, 0.5) is 0 Å². The van der Waals surface area contributed by atoms with Gasteiger partial charge in [-0.2, -0.15) is 5.26 Å². The van der Waals surface area contributed by atoms with Gasteiger partial charge < -0.3 is 4.42 Å². The Morgan fingerprint density at radius 2 is 2.42 bits per heavy atom. The summed E-state index contributed by atoms with van der Waals surface area (Å²) in [5.74, 6) is 0.930. The number of aryl methyl sites for hydroxylation is 1. The van der Waals surface area contributed by atoms with Crippen LogP contribution < -0.4 is 0 Å². The number of nitriles is 1. The second-order valence-corrected chi connectivity index (χ2v) is 2.83. The summed E-state index contributed by atoms with van der Waals surface area (Å²) < 4.78 is 5.13. The monoisotopic (exact) mass is 164 g/mol. The fraction of sp³-hybridized carbons (Fsp3) is 0.444. The Labute approximate surface area is 72.2 Å². The van der Waals surface area contributed by atoms with E-state index < -0.39 is 0 Å². The fourth-order valence-electron chi connectivity index (χ4n) is 1.04. The molecule has 0 aliphatic carbocycles. The van der Waals surface area contributed by atoms with E-state index in [9.17, 15) is 0 Å². The summed E-state index contributed by atoms with van der Waals surface area (Å²) in [5, 5.41) is 8.42. The molecule has 0 aromatic carbocycles. The Kier molecular flexibility index (Phi) is 2.89. The maximum absolute atomic E-state index is 8.42. The molecule has 0 bridgehead atoms. The van der Waals surface area contributed by atoms with Crippen molar-refractivity contribution in [1.82, 2.24) is 4.90 Å². The predicted molar refractivity (Wildman–Crippen MR) is 45.4 cm³/mol. The zero-order valence-corrected chi connectivity index (χ0v) is 7.37. The average molecular weight is 164 g/mol. The maximum Gasteiger partial charge on any atom is 0.105 e. The van der Waals surface area contributed by atoms with Crippen molar-refractivity contribution in [1.29, 1.82) is 5.26 Å². The van der Waals surface area contributed by atoms with Crippen LogP contribution in [0.25, 0.3) is 0 Å². The topological polar surface area (TPSA) is 40.2 Å². The molecule has 3 heteroatoms. The summed E-state index contributed by atoms with van der Waals surface area (Å²) in [6, 6.07) is 4.03. The molecule has 1 heterocycles. The largest absolute Gasteiger partial charge is 0.469 e. The van der Waals surface area contributed by atoms with Crippen molar-refractivity contribution in [3.63, 3.8) is 0 Å². The molecule has 0 N–H and O–H groups in total. The van der Waals surface area contributed by atoms with E-state index in [0.29, 0.717) is 6.54 Å². The van der Waals surface area contributed by atoms with Gasteiger partial charge in [0, 0.05) is 12.1 Å². The van der Waals surface area contributed by atoms with Gasteiger partial charge in [-0.25, -0.2) is 0 Å². The molecule has 0 unspecified atom stereocenters. The van der Waals surface area contributed by atoms with Crippen LogP contribution in [-0.4, -0.2) is 18.5 Å². The second kappa shape index (κ2) is 3.93. The summed E-state index contributed by atoms with van der Waals surface area (Å²) >= 11 is 0. The first kappa shape index (κ1) is 8.82. The van der Waals surface area contributed by atoms with Crippen molar-refractivity contribution < 1.29 is 4.42 Å². The van der Waals surface area contributed by atoms with Crippen LogP contribution in [0.1, 0.15) is 11.3 Å². The molecule has 0 fully saturated rings. The van der Waals surface area contributed by atoms with E-state index in [4.69, 9.17) is 9.68 Å². The van der Waals surface area contributed by atoms with E-state index in [1.54, 1.807) is 6.26 Å². The third-order valence-corrected chi connectivity index (χ3v) is 1.75. The molecule has 0 aliphatic rings. The van der Waals surface area contributed by atoms with Crippen molar-refractivity contribution in [2.24, 2.45) is 0 Å². The Morgan fingerprint density at radius 1 is 1.67 bits per heavy atom. The minimum atomic E-state index is 0.449. The van der Waals surface area contributed by atoms with E-state index in [-0.39, 0.29) is 0 Å². The lowest BCUT2D eigenvalue weighted by Crippen LogP contribution is -2.17. The molecule has 1 aromatic heterocycles. The third kappa shape index (κ3) is 2.11. The second-order valence-electron chi connectivity index (χ2n) is 2.83. The predicted octanol–water partition coefficient (Wildman–Crippen LogP) is 1.54. The molecule has 3 nitrogen and oxygen atoms in total. The molecule has 0 aliphatic heterocycles. The minimum Gasteiger partial charge on any atom is -0.469 e. The van der Waals surface area contributed by atoms with Crippen LogP contribution in [0.2, 0.25) is 0 Å². The van der Waals surface area contributed by atoms with E-state index in [1.165, 1.54) is 0 Å². The van der Waals surface area contributed by atoms with E-state index in [0.717, 1.165) is 17.9 Å².